The van der Waals surface area contributed by atoms with Crippen molar-refractivity contribution in [2.75, 3.05) is 0 Å². The van der Waals surface area contributed by atoms with E-state index in [1.54, 1.807) is 0 Å². The number of aromatic nitrogens is 2. The molecule has 0 saturated heterocycles. The van der Waals surface area contributed by atoms with Gasteiger partial charge in [0.2, 0.25) is 0 Å². The summed E-state index contributed by atoms with van der Waals surface area (Å²) in [6.07, 6.45) is 0. The van der Waals surface area contributed by atoms with Crippen LogP contribution in [0.25, 0.3) is 11.3 Å². The molecule has 0 aliphatic rings. The van der Waals surface area contributed by atoms with Gasteiger partial charge >= 0.3 is 0 Å². The van der Waals surface area contributed by atoms with Gasteiger partial charge < -0.3 is 10.3 Å². The van der Waals surface area contributed by atoms with Crippen LogP contribution < -0.4 is 5.73 Å². The molecule has 17 heavy (non-hydrogen) atoms. The Kier molecular flexibility index (Phi) is 3.22. The van der Waals surface area contributed by atoms with Crippen LogP contribution in [-0.4, -0.2) is 9.55 Å². The van der Waals surface area contributed by atoms with E-state index in [-0.39, 0.29) is 0 Å². The number of benzene rings is 1. The van der Waals surface area contributed by atoms with Crippen LogP contribution in [0.1, 0.15) is 17.0 Å². The lowest BCUT2D eigenvalue weighted by Crippen LogP contribution is -2.04. The van der Waals surface area contributed by atoms with Crippen molar-refractivity contribution in [3.05, 3.63) is 40.3 Å². The molecule has 1 aromatic carbocycles. The Morgan fingerprint density at radius 3 is 2.65 bits per heavy atom. The Hall–Kier alpha value is -1.32. The second kappa shape index (κ2) is 4.51. The fourth-order valence-corrected chi connectivity index (χ4v) is 2.11. The van der Waals surface area contributed by atoms with E-state index in [2.05, 4.69) is 37.0 Å². The Labute approximate surface area is 106 Å². The summed E-state index contributed by atoms with van der Waals surface area (Å²) in [6.45, 7) is 4.51. The molecule has 0 spiro atoms. The summed E-state index contributed by atoms with van der Waals surface area (Å²) in [5.74, 6) is 0.797. The molecule has 0 aliphatic carbocycles. The van der Waals surface area contributed by atoms with Crippen LogP contribution in [-0.2, 0) is 13.6 Å². The SMILES string of the molecule is Cc1ccc(C)c(-c2nc(CN)n(C)c2Cl)c1. The van der Waals surface area contributed by atoms with Crippen molar-refractivity contribution in [2.24, 2.45) is 12.8 Å². The second-order valence-corrected chi connectivity index (χ2v) is 4.61. The number of aryl methyl sites for hydroxylation is 2. The first-order valence-electron chi connectivity index (χ1n) is 5.53. The lowest BCUT2D eigenvalue weighted by molar-refractivity contribution is 0.794. The highest BCUT2D eigenvalue weighted by Crippen LogP contribution is 2.30. The van der Waals surface area contributed by atoms with Crippen molar-refractivity contribution in [1.29, 1.82) is 0 Å². The third-order valence-corrected chi connectivity index (χ3v) is 3.38. The first kappa shape index (κ1) is 12.1. The zero-order valence-corrected chi connectivity index (χ0v) is 11.0. The average molecular weight is 250 g/mol. The topological polar surface area (TPSA) is 43.8 Å². The molecular weight excluding hydrogens is 234 g/mol. The van der Waals surface area contributed by atoms with Crippen LogP contribution in [0.15, 0.2) is 18.2 Å². The van der Waals surface area contributed by atoms with Crippen LogP contribution in [0.4, 0.5) is 0 Å². The number of nitrogens with two attached hydrogens (primary N) is 1. The highest BCUT2D eigenvalue weighted by molar-refractivity contribution is 6.32. The molecule has 0 saturated carbocycles. The fourth-order valence-electron chi connectivity index (χ4n) is 1.87. The molecule has 0 aliphatic heterocycles. The third kappa shape index (κ3) is 2.08. The van der Waals surface area contributed by atoms with Gasteiger partial charge in [0.05, 0.1) is 6.54 Å². The van der Waals surface area contributed by atoms with Crippen molar-refractivity contribution in [3.63, 3.8) is 0 Å². The van der Waals surface area contributed by atoms with Gasteiger partial charge in [-0.3, -0.25) is 0 Å². The van der Waals surface area contributed by atoms with Crippen molar-refractivity contribution in [1.82, 2.24) is 9.55 Å². The second-order valence-electron chi connectivity index (χ2n) is 4.25. The van der Waals surface area contributed by atoms with Gasteiger partial charge in [0.15, 0.2) is 0 Å². The minimum Gasteiger partial charge on any atom is -0.324 e. The lowest BCUT2D eigenvalue weighted by atomic mass is 10.0. The molecular formula is C13H16ClN3. The van der Waals surface area contributed by atoms with Gasteiger partial charge in [0.25, 0.3) is 0 Å². The number of imidazole rings is 1. The predicted octanol–water partition coefficient (Wildman–Crippen LogP) is 2.82. The number of rotatable bonds is 2. The first-order chi connectivity index (χ1) is 8.04. The summed E-state index contributed by atoms with van der Waals surface area (Å²) < 4.78 is 1.83. The van der Waals surface area contributed by atoms with E-state index in [0.29, 0.717) is 11.7 Å². The summed E-state index contributed by atoms with van der Waals surface area (Å²) in [5.41, 5.74) is 9.89. The maximum absolute atomic E-state index is 6.30. The minimum absolute atomic E-state index is 0.390. The quantitative estimate of drug-likeness (QED) is 0.890. The van der Waals surface area contributed by atoms with Gasteiger partial charge in [0.1, 0.15) is 16.7 Å². The number of nitrogens with zero attached hydrogens (tertiary/aromatic N) is 2. The average Bonchev–Trinajstić information content (AvgIpc) is 2.59. The van der Waals surface area contributed by atoms with E-state index in [0.717, 1.165) is 17.1 Å². The molecule has 0 bridgehead atoms. The van der Waals surface area contributed by atoms with Gasteiger partial charge in [-0.2, -0.15) is 0 Å². The summed E-state index contributed by atoms with van der Waals surface area (Å²) >= 11 is 6.30. The largest absolute Gasteiger partial charge is 0.324 e. The number of hydrogen-bond donors (Lipinski definition) is 1. The zero-order chi connectivity index (χ0) is 12.6. The molecule has 2 N–H and O–H groups in total. The van der Waals surface area contributed by atoms with E-state index in [1.807, 2.05) is 11.6 Å². The molecule has 2 rings (SSSR count). The van der Waals surface area contributed by atoms with E-state index in [4.69, 9.17) is 17.3 Å². The van der Waals surface area contributed by atoms with Crippen LogP contribution in [0, 0.1) is 13.8 Å². The van der Waals surface area contributed by atoms with E-state index >= 15 is 0 Å². The summed E-state index contributed by atoms with van der Waals surface area (Å²) in [5, 5.41) is 0.638. The van der Waals surface area contributed by atoms with Crippen LogP contribution in [0.5, 0.6) is 0 Å². The van der Waals surface area contributed by atoms with Gasteiger partial charge in [-0.1, -0.05) is 29.3 Å². The molecule has 0 unspecified atom stereocenters. The lowest BCUT2D eigenvalue weighted by Gasteiger charge is -2.05. The fraction of sp³-hybridized carbons (Fsp3) is 0.308. The monoisotopic (exact) mass is 249 g/mol. The normalized spacial score (nSPS) is 10.9. The van der Waals surface area contributed by atoms with Crippen molar-refractivity contribution >= 4 is 11.6 Å². The maximum atomic E-state index is 6.30. The Balaban J connectivity index is 2.64. The molecule has 0 atom stereocenters. The molecule has 1 aromatic heterocycles. The van der Waals surface area contributed by atoms with Gasteiger partial charge in [0, 0.05) is 12.6 Å². The Morgan fingerprint density at radius 2 is 2.06 bits per heavy atom. The van der Waals surface area contributed by atoms with Gasteiger partial charge in [-0.15, -0.1) is 0 Å². The third-order valence-electron chi connectivity index (χ3n) is 2.95. The summed E-state index contributed by atoms with van der Waals surface area (Å²) in [6, 6.07) is 6.27. The predicted molar refractivity (Wildman–Crippen MR) is 71.0 cm³/mol. The Morgan fingerprint density at radius 1 is 1.35 bits per heavy atom. The molecule has 90 valence electrons. The first-order valence-corrected chi connectivity index (χ1v) is 5.91. The number of halogens is 1. The highest BCUT2D eigenvalue weighted by atomic mass is 35.5. The smallest absolute Gasteiger partial charge is 0.136 e. The van der Waals surface area contributed by atoms with Crippen LogP contribution in [0.3, 0.4) is 0 Å². The van der Waals surface area contributed by atoms with E-state index < -0.39 is 0 Å². The van der Waals surface area contributed by atoms with Crippen LogP contribution in [0.2, 0.25) is 5.15 Å². The highest BCUT2D eigenvalue weighted by Gasteiger charge is 2.15. The molecule has 0 radical (unpaired) electrons. The summed E-state index contributed by atoms with van der Waals surface area (Å²) in [4.78, 5) is 4.51. The molecule has 1 heterocycles. The molecule has 2 aromatic rings. The number of hydrogen-bond acceptors (Lipinski definition) is 2. The van der Waals surface area contributed by atoms with Gasteiger partial charge in [-0.05, 0) is 25.5 Å². The van der Waals surface area contributed by atoms with Crippen molar-refractivity contribution < 1.29 is 0 Å². The van der Waals surface area contributed by atoms with E-state index in [1.165, 1.54) is 11.1 Å². The Bertz CT molecular complexity index is 558. The molecule has 0 amide bonds. The van der Waals surface area contributed by atoms with E-state index in [9.17, 15) is 0 Å². The molecule has 0 fully saturated rings. The van der Waals surface area contributed by atoms with Crippen LogP contribution >= 0.6 is 11.6 Å². The van der Waals surface area contributed by atoms with Gasteiger partial charge in [-0.25, -0.2) is 4.98 Å². The minimum atomic E-state index is 0.390. The molecule has 3 nitrogen and oxygen atoms in total. The van der Waals surface area contributed by atoms with Crippen molar-refractivity contribution in [3.8, 4) is 11.3 Å². The molecule has 4 heteroatoms. The summed E-state index contributed by atoms with van der Waals surface area (Å²) in [7, 11) is 1.88. The van der Waals surface area contributed by atoms with Crippen molar-refractivity contribution in [2.45, 2.75) is 20.4 Å². The zero-order valence-electron chi connectivity index (χ0n) is 10.3. The standard InChI is InChI=1S/C13H16ClN3/c1-8-4-5-9(2)10(6-8)12-13(14)17(3)11(7-15)16-12/h4-6H,7,15H2,1-3H3. The maximum Gasteiger partial charge on any atom is 0.136 e.